The van der Waals surface area contributed by atoms with Gasteiger partial charge in [-0.25, -0.2) is 0 Å². The van der Waals surface area contributed by atoms with E-state index in [2.05, 4.69) is 29.6 Å². The molecule has 0 saturated carbocycles. The van der Waals surface area contributed by atoms with E-state index >= 15 is 0 Å². The average Bonchev–Trinajstić information content (AvgIpc) is 2.65. The molecule has 0 atom stereocenters. The zero-order chi connectivity index (χ0) is 10.2. The fourth-order valence-electron chi connectivity index (χ4n) is 1.35. The number of rotatable bonds is 6. The van der Waals surface area contributed by atoms with Crippen LogP contribution in [0.5, 0.6) is 0 Å². The Morgan fingerprint density at radius 2 is 2.43 bits per heavy atom. The normalized spacial score (nSPS) is 10.0. The summed E-state index contributed by atoms with van der Waals surface area (Å²) in [5.41, 5.74) is 1.47. The highest BCUT2D eigenvalue weighted by atomic mass is 32.1. The van der Waals surface area contributed by atoms with Crippen LogP contribution in [-0.4, -0.2) is 6.54 Å². The quantitative estimate of drug-likeness (QED) is 0.559. The molecule has 0 bridgehead atoms. The molecule has 1 heterocycles. The largest absolute Gasteiger partial charge is 0.312 e. The van der Waals surface area contributed by atoms with Crippen molar-refractivity contribution < 1.29 is 0 Å². The van der Waals surface area contributed by atoms with Crippen LogP contribution in [0.1, 0.15) is 30.2 Å². The second-order valence-corrected chi connectivity index (χ2v) is 4.21. The Balaban J connectivity index is 2.21. The predicted octanol–water partition coefficient (Wildman–Crippen LogP) is 2.81. The first kappa shape index (κ1) is 11.3. The number of aryl methyl sites for hydroxylation is 1. The summed E-state index contributed by atoms with van der Waals surface area (Å²) in [5.74, 6) is 2.65. The van der Waals surface area contributed by atoms with Crippen molar-refractivity contribution in [1.29, 1.82) is 0 Å². The minimum absolute atomic E-state index is 0.873. The van der Waals surface area contributed by atoms with Gasteiger partial charge in [0.15, 0.2) is 0 Å². The van der Waals surface area contributed by atoms with Crippen LogP contribution in [-0.2, 0) is 13.0 Å². The number of terminal acetylenes is 1. The summed E-state index contributed by atoms with van der Waals surface area (Å²) in [4.78, 5) is 1.47. The summed E-state index contributed by atoms with van der Waals surface area (Å²) in [7, 11) is 0. The molecule has 0 aromatic carbocycles. The second-order valence-electron chi connectivity index (χ2n) is 3.21. The Hall–Kier alpha value is -0.780. The maximum atomic E-state index is 5.18. The molecular formula is C12H17NS. The van der Waals surface area contributed by atoms with Gasteiger partial charge in [0.1, 0.15) is 0 Å². The lowest BCUT2D eigenvalue weighted by Gasteiger charge is -2.03. The first-order chi connectivity index (χ1) is 6.88. The third kappa shape index (κ3) is 3.53. The van der Waals surface area contributed by atoms with Crippen LogP contribution in [0.25, 0.3) is 0 Å². The highest BCUT2D eigenvalue weighted by Crippen LogP contribution is 2.16. The van der Waals surface area contributed by atoms with Crippen LogP contribution in [0.3, 0.4) is 0 Å². The number of unbranched alkanes of at least 4 members (excludes halogenated alkanes) is 1. The molecule has 0 unspecified atom stereocenters. The van der Waals surface area contributed by atoms with E-state index in [1.54, 1.807) is 0 Å². The summed E-state index contributed by atoms with van der Waals surface area (Å²) in [6, 6.07) is 2.21. The fraction of sp³-hybridized carbons (Fsp3) is 0.500. The second kappa shape index (κ2) is 6.64. The van der Waals surface area contributed by atoms with E-state index in [-0.39, 0.29) is 0 Å². The first-order valence-corrected chi connectivity index (χ1v) is 5.96. The van der Waals surface area contributed by atoms with E-state index in [0.29, 0.717) is 0 Å². The van der Waals surface area contributed by atoms with Gasteiger partial charge in [0.2, 0.25) is 0 Å². The zero-order valence-electron chi connectivity index (χ0n) is 8.68. The first-order valence-electron chi connectivity index (χ1n) is 5.08. The monoisotopic (exact) mass is 207 g/mol. The van der Waals surface area contributed by atoms with Crippen LogP contribution in [0.2, 0.25) is 0 Å². The molecule has 0 aliphatic carbocycles. The molecule has 0 fully saturated rings. The molecule has 1 N–H and O–H groups in total. The van der Waals surface area contributed by atoms with Crippen molar-refractivity contribution in [3.05, 3.63) is 21.9 Å². The molecule has 1 aromatic heterocycles. The van der Waals surface area contributed by atoms with Gasteiger partial charge in [0, 0.05) is 17.8 Å². The van der Waals surface area contributed by atoms with Gasteiger partial charge in [0.05, 0.1) is 0 Å². The number of thiophene rings is 1. The molecule has 1 aromatic rings. The van der Waals surface area contributed by atoms with Gasteiger partial charge in [-0.2, -0.15) is 0 Å². The van der Waals surface area contributed by atoms with E-state index in [9.17, 15) is 0 Å². The molecule has 1 rings (SSSR count). The minimum atomic E-state index is 0.873. The number of hydrogen-bond acceptors (Lipinski definition) is 2. The van der Waals surface area contributed by atoms with Crippen molar-refractivity contribution >= 4 is 11.3 Å². The molecule has 76 valence electrons. The van der Waals surface area contributed by atoms with Crippen molar-refractivity contribution in [2.45, 2.75) is 32.7 Å². The van der Waals surface area contributed by atoms with Gasteiger partial charge in [0.25, 0.3) is 0 Å². The third-order valence-electron chi connectivity index (χ3n) is 2.18. The van der Waals surface area contributed by atoms with Crippen LogP contribution >= 0.6 is 11.3 Å². The summed E-state index contributed by atoms with van der Waals surface area (Å²) in [6.45, 7) is 4.21. The summed E-state index contributed by atoms with van der Waals surface area (Å²) >= 11 is 1.84. The molecule has 0 saturated heterocycles. The van der Waals surface area contributed by atoms with Gasteiger partial charge in [-0.15, -0.1) is 23.7 Å². The Morgan fingerprint density at radius 3 is 3.14 bits per heavy atom. The van der Waals surface area contributed by atoms with Crippen molar-refractivity contribution in [2.24, 2.45) is 0 Å². The van der Waals surface area contributed by atoms with E-state index < -0.39 is 0 Å². The summed E-state index contributed by atoms with van der Waals surface area (Å²) in [5, 5.41) is 5.58. The highest BCUT2D eigenvalue weighted by molar-refractivity contribution is 7.10. The third-order valence-corrected chi connectivity index (χ3v) is 3.14. The van der Waals surface area contributed by atoms with Gasteiger partial charge >= 0.3 is 0 Å². The van der Waals surface area contributed by atoms with Crippen molar-refractivity contribution in [3.63, 3.8) is 0 Å². The Morgan fingerprint density at radius 1 is 1.57 bits per heavy atom. The predicted molar refractivity (Wildman–Crippen MR) is 63.5 cm³/mol. The number of nitrogens with one attached hydrogen (secondary N) is 1. The van der Waals surface area contributed by atoms with E-state index in [4.69, 9.17) is 6.42 Å². The van der Waals surface area contributed by atoms with Crippen LogP contribution < -0.4 is 5.32 Å². The van der Waals surface area contributed by atoms with Gasteiger partial charge in [-0.05, 0) is 36.4 Å². The maximum absolute atomic E-state index is 5.18. The average molecular weight is 207 g/mol. The van der Waals surface area contributed by atoms with Crippen LogP contribution in [0.15, 0.2) is 11.4 Å². The standard InChI is InChI=1S/C12H17NS/c1-3-5-6-8-13-10-12-11(4-2)7-9-14-12/h1,7,9,13H,4-6,8,10H2,2H3. The van der Waals surface area contributed by atoms with E-state index in [0.717, 1.165) is 32.4 Å². The lowest BCUT2D eigenvalue weighted by atomic mass is 10.2. The van der Waals surface area contributed by atoms with E-state index in [1.165, 1.54) is 10.4 Å². The topological polar surface area (TPSA) is 12.0 Å². The highest BCUT2D eigenvalue weighted by Gasteiger charge is 2.00. The van der Waals surface area contributed by atoms with Crippen molar-refractivity contribution in [2.75, 3.05) is 6.54 Å². The molecular weight excluding hydrogens is 190 g/mol. The minimum Gasteiger partial charge on any atom is -0.312 e. The Bertz CT molecular complexity index is 296. The van der Waals surface area contributed by atoms with Crippen LogP contribution in [0, 0.1) is 12.3 Å². The van der Waals surface area contributed by atoms with Crippen LogP contribution in [0.4, 0.5) is 0 Å². The molecule has 0 amide bonds. The van der Waals surface area contributed by atoms with E-state index in [1.807, 2.05) is 11.3 Å². The van der Waals surface area contributed by atoms with Crippen molar-refractivity contribution in [3.8, 4) is 12.3 Å². The summed E-state index contributed by atoms with van der Waals surface area (Å²) in [6.07, 6.45) is 8.25. The lowest BCUT2D eigenvalue weighted by molar-refractivity contribution is 0.662. The fourth-order valence-corrected chi connectivity index (χ4v) is 2.30. The number of hydrogen-bond donors (Lipinski definition) is 1. The smallest absolute Gasteiger partial charge is 0.0302 e. The molecule has 0 radical (unpaired) electrons. The molecule has 14 heavy (non-hydrogen) atoms. The molecule has 0 aliphatic rings. The van der Waals surface area contributed by atoms with Crippen molar-refractivity contribution in [1.82, 2.24) is 5.32 Å². The molecule has 0 aliphatic heterocycles. The molecule has 0 spiro atoms. The lowest BCUT2D eigenvalue weighted by Crippen LogP contribution is -2.14. The van der Waals surface area contributed by atoms with Gasteiger partial charge in [-0.1, -0.05) is 6.92 Å². The maximum Gasteiger partial charge on any atom is 0.0302 e. The Kier molecular flexibility index (Phi) is 5.36. The molecule has 1 nitrogen and oxygen atoms in total. The SMILES string of the molecule is C#CCCCNCc1sccc1CC. The Labute approximate surface area is 90.5 Å². The molecule has 2 heteroatoms. The van der Waals surface area contributed by atoms with Gasteiger partial charge < -0.3 is 5.32 Å². The van der Waals surface area contributed by atoms with Gasteiger partial charge in [-0.3, -0.25) is 0 Å². The zero-order valence-corrected chi connectivity index (χ0v) is 9.49. The summed E-state index contributed by atoms with van der Waals surface area (Å²) < 4.78 is 0.